The molecule has 1 aliphatic heterocycles. The standard InChI is InChI=1S/C14H21ClN2O2S/c1-11-4-5-12(15)10-13(11)20(18,19)17-8-6-14(2,16-3)7-9-17/h4-5,10,16H,6-9H2,1-3H3. The fraction of sp³-hybridized carbons (Fsp3) is 0.571. The van der Waals surface area contributed by atoms with Gasteiger partial charge in [0.1, 0.15) is 0 Å². The highest BCUT2D eigenvalue weighted by molar-refractivity contribution is 7.89. The van der Waals surface area contributed by atoms with Gasteiger partial charge in [0.25, 0.3) is 0 Å². The molecule has 1 saturated heterocycles. The number of sulfonamides is 1. The Labute approximate surface area is 126 Å². The highest BCUT2D eigenvalue weighted by Crippen LogP contribution is 2.28. The molecule has 1 heterocycles. The van der Waals surface area contributed by atoms with Gasteiger partial charge in [0.15, 0.2) is 0 Å². The second-order valence-electron chi connectivity index (χ2n) is 5.62. The summed E-state index contributed by atoms with van der Waals surface area (Å²) in [5.74, 6) is 0. The quantitative estimate of drug-likeness (QED) is 0.931. The van der Waals surface area contributed by atoms with Gasteiger partial charge in [-0.3, -0.25) is 0 Å². The Hall–Kier alpha value is -0.620. The first-order chi connectivity index (χ1) is 9.28. The van der Waals surface area contributed by atoms with Gasteiger partial charge in [-0.05, 0) is 51.4 Å². The predicted molar refractivity (Wildman–Crippen MR) is 81.6 cm³/mol. The van der Waals surface area contributed by atoms with Gasteiger partial charge in [0.2, 0.25) is 10.0 Å². The van der Waals surface area contributed by atoms with E-state index in [1.165, 1.54) is 6.07 Å². The minimum Gasteiger partial charge on any atom is -0.314 e. The fourth-order valence-electron chi connectivity index (χ4n) is 2.46. The van der Waals surface area contributed by atoms with Crippen LogP contribution in [-0.4, -0.2) is 38.4 Å². The number of aryl methyl sites for hydroxylation is 1. The zero-order valence-corrected chi connectivity index (χ0v) is 13.7. The summed E-state index contributed by atoms with van der Waals surface area (Å²) in [6, 6.07) is 5.00. The largest absolute Gasteiger partial charge is 0.314 e. The molecule has 20 heavy (non-hydrogen) atoms. The summed E-state index contributed by atoms with van der Waals surface area (Å²) in [6.07, 6.45) is 1.62. The van der Waals surface area contributed by atoms with Gasteiger partial charge < -0.3 is 5.32 Å². The Balaban J connectivity index is 2.26. The summed E-state index contributed by atoms with van der Waals surface area (Å²) in [6.45, 7) is 4.99. The maximum absolute atomic E-state index is 12.7. The predicted octanol–water partition coefficient (Wildman–Crippen LogP) is 2.41. The Morgan fingerprint density at radius 1 is 1.30 bits per heavy atom. The third kappa shape index (κ3) is 3.01. The van der Waals surface area contributed by atoms with Gasteiger partial charge >= 0.3 is 0 Å². The van der Waals surface area contributed by atoms with E-state index in [2.05, 4.69) is 12.2 Å². The number of hydrogen-bond donors (Lipinski definition) is 1. The number of halogens is 1. The van der Waals surface area contributed by atoms with E-state index in [0.29, 0.717) is 23.0 Å². The maximum atomic E-state index is 12.7. The zero-order chi connectivity index (χ0) is 15.0. The second kappa shape index (κ2) is 5.64. The molecule has 1 fully saturated rings. The molecule has 0 aromatic heterocycles. The SMILES string of the molecule is CNC1(C)CCN(S(=O)(=O)c2cc(Cl)ccc2C)CC1. The number of benzene rings is 1. The smallest absolute Gasteiger partial charge is 0.243 e. The molecule has 1 aliphatic rings. The van der Waals surface area contributed by atoms with Crippen LogP contribution in [0.15, 0.2) is 23.1 Å². The first-order valence-electron chi connectivity index (χ1n) is 6.74. The van der Waals surface area contributed by atoms with Gasteiger partial charge in [-0.15, -0.1) is 0 Å². The number of nitrogens with one attached hydrogen (secondary N) is 1. The molecule has 112 valence electrons. The van der Waals surface area contributed by atoms with Crippen LogP contribution in [0.4, 0.5) is 0 Å². The summed E-state index contributed by atoms with van der Waals surface area (Å²) in [5, 5.41) is 3.72. The monoisotopic (exact) mass is 316 g/mol. The number of nitrogens with zero attached hydrogens (tertiary/aromatic N) is 1. The molecule has 0 radical (unpaired) electrons. The van der Waals surface area contributed by atoms with Crippen molar-refractivity contribution < 1.29 is 8.42 Å². The molecule has 6 heteroatoms. The Bertz CT molecular complexity index is 593. The summed E-state index contributed by atoms with van der Waals surface area (Å²) in [7, 11) is -1.53. The second-order valence-corrected chi connectivity index (χ2v) is 7.97. The number of hydrogen-bond acceptors (Lipinski definition) is 3. The third-order valence-electron chi connectivity index (χ3n) is 4.20. The van der Waals surface area contributed by atoms with Crippen molar-refractivity contribution in [2.45, 2.75) is 37.1 Å². The van der Waals surface area contributed by atoms with Crippen molar-refractivity contribution in [1.82, 2.24) is 9.62 Å². The third-order valence-corrected chi connectivity index (χ3v) is 6.47. The molecule has 0 saturated carbocycles. The van der Waals surface area contributed by atoms with Crippen LogP contribution in [-0.2, 0) is 10.0 Å². The van der Waals surface area contributed by atoms with Crippen molar-refractivity contribution in [3.63, 3.8) is 0 Å². The van der Waals surface area contributed by atoms with Crippen molar-refractivity contribution in [2.24, 2.45) is 0 Å². The van der Waals surface area contributed by atoms with Gasteiger partial charge in [0.05, 0.1) is 4.90 Å². The van der Waals surface area contributed by atoms with E-state index >= 15 is 0 Å². The van der Waals surface area contributed by atoms with E-state index in [4.69, 9.17) is 11.6 Å². The van der Waals surface area contributed by atoms with E-state index in [1.54, 1.807) is 23.4 Å². The molecule has 4 nitrogen and oxygen atoms in total. The molecule has 1 aromatic rings. The lowest BCUT2D eigenvalue weighted by Crippen LogP contribution is -2.51. The topological polar surface area (TPSA) is 49.4 Å². The fourth-order valence-corrected chi connectivity index (χ4v) is 4.39. The summed E-state index contributed by atoms with van der Waals surface area (Å²) in [5.41, 5.74) is 0.756. The molecule has 0 aliphatic carbocycles. The molecular weight excluding hydrogens is 296 g/mol. The van der Waals surface area contributed by atoms with Crippen LogP contribution in [0.2, 0.25) is 5.02 Å². The Morgan fingerprint density at radius 3 is 2.45 bits per heavy atom. The van der Waals surface area contributed by atoms with Gasteiger partial charge in [-0.1, -0.05) is 17.7 Å². The molecule has 0 unspecified atom stereocenters. The summed E-state index contributed by atoms with van der Waals surface area (Å²) < 4.78 is 27.0. The average molecular weight is 317 g/mol. The van der Waals surface area contributed by atoms with Crippen LogP contribution < -0.4 is 5.32 Å². The number of rotatable bonds is 3. The number of piperidine rings is 1. The van der Waals surface area contributed by atoms with E-state index < -0.39 is 10.0 Å². The minimum absolute atomic E-state index is 0.0232. The van der Waals surface area contributed by atoms with Crippen molar-refractivity contribution in [3.05, 3.63) is 28.8 Å². The lowest BCUT2D eigenvalue weighted by molar-refractivity contribution is 0.219. The van der Waals surface area contributed by atoms with E-state index in [-0.39, 0.29) is 5.54 Å². The van der Waals surface area contributed by atoms with Crippen LogP contribution >= 0.6 is 11.6 Å². The zero-order valence-electron chi connectivity index (χ0n) is 12.1. The normalized spacial score (nSPS) is 20.0. The highest BCUT2D eigenvalue weighted by Gasteiger charge is 2.35. The molecule has 2 rings (SSSR count). The van der Waals surface area contributed by atoms with Crippen LogP contribution in [0.5, 0.6) is 0 Å². The van der Waals surface area contributed by atoms with Crippen molar-refractivity contribution >= 4 is 21.6 Å². The maximum Gasteiger partial charge on any atom is 0.243 e. The molecule has 0 atom stereocenters. The van der Waals surface area contributed by atoms with Gasteiger partial charge in [-0.25, -0.2) is 8.42 Å². The minimum atomic E-state index is -3.45. The summed E-state index contributed by atoms with van der Waals surface area (Å²) >= 11 is 5.94. The van der Waals surface area contributed by atoms with Crippen LogP contribution in [0.1, 0.15) is 25.3 Å². The molecule has 1 aromatic carbocycles. The van der Waals surface area contributed by atoms with Crippen molar-refractivity contribution in [1.29, 1.82) is 0 Å². The van der Waals surface area contributed by atoms with Gasteiger partial charge in [0, 0.05) is 23.7 Å². The molecule has 0 spiro atoms. The molecule has 0 amide bonds. The average Bonchev–Trinajstić information content (AvgIpc) is 2.42. The Morgan fingerprint density at radius 2 is 1.90 bits per heavy atom. The molecule has 1 N–H and O–H groups in total. The van der Waals surface area contributed by atoms with Crippen LogP contribution in [0.25, 0.3) is 0 Å². The summed E-state index contributed by atoms with van der Waals surface area (Å²) in [4.78, 5) is 0.318. The van der Waals surface area contributed by atoms with Crippen molar-refractivity contribution in [2.75, 3.05) is 20.1 Å². The lowest BCUT2D eigenvalue weighted by Gasteiger charge is -2.38. The van der Waals surface area contributed by atoms with Crippen molar-refractivity contribution in [3.8, 4) is 0 Å². The Kier molecular flexibility index (Phi) is 4.44. The first-order valence-corrected chi connectivity index (χ1v) is 8.55. The van der Waals surface area contributed by atoms with Gasteiger partial charge in [-0.2, -0.15) is 4.31 Å². The lowest BCUT2D eigenvalue weighted by atomic mass is 9.91. The van der Waals surface area contributed by atoms with E-state index in [0.717, 1.165) is 18.4 Å². The molecule has 0 bridgehead atoms. The van der Waals surface area contributed by atoms with E-state index in [1.807, 2.05) is 7.05 Å². The highest BCUT2D eigenvalue weighted by atomic mass is 35.5. The van der Waals surface area contributed by atoms with E-state index in [9.17, 15) is 8.42 Å². The van der Waals surface area contributed by atoms with Crippen LogP contribution in [0.3, 0.4) is 0 Å². The molecular formula is C14H21ClN2O2S. The first kappa shape index (κ1) is 15.8. The van der Waals surface area contributed by atoms with Crippen LogP contribution in [0, 0.1) is 6.92 Å².